The van der Waals surface area contributed by atoms with Crippen LogP contribution in [0.25, 0.3) is 11.1 Å². The summed E-state index contributed by atoms with van der Waals surface area (Å²) in [7, 11) is 1.00. The average molecular weight is 465 g/mol. The van der Waals surface area contributed by atoms with Crippen LogP contribution in [0.4, 0.5) is 5.82 Å². The summed E-state index contributed by atoms with van der Waals surface area (Å²) in [6.07, 6.45) is 4.28. The van der Waals surface area contributed by atoms with Crippen LogP contribution in [0.2, 0.25) is 10.0 Å². The summed E-state index contributed by atoms with van der Waals surface area (Å²) in [5.74, 6) is 0.379. The van der Waals surface area contributed by atoms with Crippen LogP contribution < -0.4 is 10.6 Å². The molecule has 31 heavy (non-hydrogen) atoms. The van der Waals surface area contributed by atoms with Crippen molar-refractivity contribution in [2.24, 2.45) is 0 Å². The zero-order chi connectivity index (χ0) is 22.8. The molecule has 0 unspecified atom stereocenters. The molecule has 0 radical (unpaired) electrons. The fraction of sp³-hybridized carbons (Fsp3) is 0.273. The summed E-state index contributed by atoms with van der Waals surface area (Å²) in [6, 6.07) is 10.0. The van der Waals surface area contributed by atoms with Gasteiger partial charge in [-0.1, -0.05) is 42.3 Å². The third-order valence-electron chi connectivity index (χ3n) is 4.39. The Morgan fingerprint density at radius 2 is 2.00 bits per heavy atom. The van der Waals surface area contributed by atoms with Gasteiger partial charge in [0.05, 0.1) is 17.7 Å². The maximum Gasteiger partial charge on any atom is 0.268 e. The van der Waals surface area contributed by atoms with E-state index in [0.29, 0.717) is 15.7 Å². The molecule has 3 rings (SSSR count). The second-order valence-electron chi connectivity index (χ2n) is 6.54. The number of pyridine rings is 1. The highest BCUT2D eigenvalue weighted by atomic mass is 35.5. The quantitative estimate of drug-likeness (QED) is 0.341. The van der Waals surface area contributed by atoms with Crippen molar-refractivity contribution in [3.05, 3.63) is 70.1 Å². The maximum absolute atomic E-state index is 12.7. The van der Waals surface area contributed by atoms with Crippen LogP contribution in [0.3, 0.4) is 0 Å². The van der Waals surface area contributed by atoms with Crippen molar-refractivity contribution in [3.63, 3.8) is 0 Å². The molecule has 1 aromatic carbocycles. The molecule has 0 fully saturated rings. The number of aliphatic hydroxyl groups excluding tert-OH is 2. The van der Waals surface area contributed by atoms with Gasteiger partial charge >= 0.3 is 0 Å². The first kappa shape index (κ1) is 24.7. The van der Waals surface area contributed by atoms with Gasteiger partial charge < -0.3 is 25.8 Å². The van der Waals surface area contributed by atoms with Gasteiger partial charge in [0, 0.05) is 42.2 Å². The number of benzene rings is 1. The van der Waals surface area contributed by atoms with Crippen LogP contribution in [-0.2, 0) is 0 Å². The smallest absolute Gasteiger partial charge is 0.268 e. The Kier molecular flexibility index (Phi) is 9.81. The van der Waals surface area contributed by atoms with E-state index in [1.165, 1.54) is 0 Å². The molecule has 0 aliphatic carbocycles. The summed E-state index contributed by atoms with van der Waals surface area (Å²) < 4.78 is 0. The van der Waals surface area contributed by atoms with E-state index in [1.54, 1.807) is 42.7 Å². The Bertz CT molecular complexity index is 994. The Balaban J connectivity index is 0.00000166. The Morgan fingerprint density at radius 1 is 1.23 bits per heavy atom. The van der Waals surface area contributed by atoms with E-state index in [0.717, 1.165) is 42.6 Å². The number of halogens is 2. The molecule has 0 saturated heterocycles. The third kappa shape index (κ3) is 6.70. The summed E-state index contributed by atoms with van der Waals surface area (Å²) in [6.45, 7) is 2.63. The van der Waals surface area contributed by atoms with Gasteiger partial charge in [-0.2, -0.15) is 0 Å². The van der Waals surface area contributed by atoms with Crippen molar-refractivity contribution in [2.45, 2.75) is 19.4 Å². The number of hydrogen-bond donors (Lipinski definition) is 5. The Morgan fingerprint density at radius 3 is 2.68 bits per heavy atom. The van der Waals surface area contributed by atoms with Crippen molar-refractivity contribution in [2.75, 3.05) is 25.6 Å². The van der Waals surface area contributed by atoms with Crippen LogP contribution in [-0.4, -0.2) is 46.3 Å². The van der Waals surface area contributed by atoms with Crippen molar-refractivity contribution in [3.8, 4) is 11.1 Å². The zero-order valence-electron chi connectivity index (χ0n) is 17.3. The van der Waals surface area contributed by atoms with E-state index in [1.807, 2.05) is 6.07 Å². The molecule has 0 aliphatic heterocycles. The van der Waals surface area contributed by atoms with Gasteiger partial charge in [0.25, 0.3) is 5.91 Å². The van der Waals surface area contributed by atoms with E-state index >= 15 is 0 Å². The molecule has 1 amide bonds. The number of nitrogens with zero attached hydrogens (tertiary/aromatic N) is 1. The standard InChI is InChI=1S/C21H22Cl2N4O2.CH4O/c1-2-6-24-20-9-16(17(23)11-26-20)14-8-18(25-10-14)21(29)27-19(12-28)13-4-3-5-15(22)7-13;1-2/h3-5,7-11,19,25,28H,2,6,12H2,1H3,(H,24,26)(H,27,29);2H,1H3/t19-;/m1./s1. The number of aromatic amines is 1. The molecule has 1 atom stereocenters. The first-order valence-electron chi connectivity index (χ1n) is 9.72. The van der Waals surface area contributed by atoms with E-state index in [4.69, 9.17) is 28.3 Å². The zero-order valence-corrected chi connectivity index (χ0v) is 18.8. The van der Waals surface area contributed by atoms with Crippen molar-refractivity contribution in [1.82, 2.24) is 15.3 Å². The summed E-state index contributed by atoms with van der Waals surface area (Å²) in [5, 5.41) is 23.7. The monoisotopic (exact) mass is 464 g/mol. The van der Waals surface area contributed by atoms with E-state index in [-0.39, 0.29) is 12.5 Å². The minimum Gasteiger partial charge on any atom is -0.400 e. The van der Waals surface area contributed by atoms with Gasteiger partial charge in [-0.25, -0.2) is 4.98 Å². The minimum absolute atomic E-state index is 0.248. The highest BCUT2D eigenvalue weighted by Gasteiger charge is 2.17. The lowest BCUT2D eigenvalue weighted by Gasteiger charge is -2.16. The number of anilines is 1. The number of rotatable bonds is 8. The third-order valence-corrected chi connectivity index (χ3v) is 4.93. The molecule has 3 aromatic rings. The maximum atomic E-state index is 12.7. The summed E-state index contributed by atoms with van der Waals surface area (Å²) >= 11 is 12.3. The second-order valence-corrected chi connectivity index (χ2v) is 7.39. The highest BCUT2D eigenvalue weighted by Crippen LogP contribution is 2.30. The van der Waals surface area contributed by atoms with Gasteiger partial charge in [0.15, 0.2) is 0 Å². The molecule has 0 saturated carbocycles. The molecule has 0 spiro atoms. The largest absolute Gasteiger partial charge is 0.400 e. The number of hydrogen-bond acceptors (Lipinski definition) is 5. The molecule has 9 heteroatoms. The molecule has 5 N–H and O–H groups in total. The average Bonchev–Trinajstić information content (AvgIpc) is 3.28. The minimum atomic E-state index is -0.567. The molecule has 7 nitrogen and oxygen atoms in total. The van der Waals surface area contributed by atoms with Gasteiger partial charge in [0.1, 0.15) is 11.5 Å². The van der Waals surface area contributed by atoms with Gasteiger partial charge in [-0.05, 0) is 36.2 Å². The fourth-order valence-corrected chi connectivity index (χ4v) is 3.30. The van der Waals surface area contributed by atoms with Gasteiger partial charge in [-0.15, -0.1) is 0 Å². The number of aliphatic hydroxyl groups is 2. The molecule has 166 valence electrons. The molecule has 0 bridgehead atoms. The Labute approximate surface area is 191 Å². The number of nitrogens with one attached hydrogen (secondary N) is 3. The number of amides is 1. The van der Waals surface area contributed by atoms with Crippen LogP contribution in [0.1, 0.15) is 35.4 Å². The SMILES string of the molecule is CCCNc1cc(-c2c[nH]c(C(=O)N[C@H](CO)c3cccc(Cl)c3)c2)c(Cl)cn1.CO. The normalized spacial score (nSPS) is 11.3. The van der Waals surface area contributed by atoms with Crippen LogP contribution in [0.5, 0.6) is 0 Å². The van der Waals surface area contributed by atoms with Gasteiger partial charge in [0.2, 0.25) is 0 Å². The van der Waals surface area contributed by atoms with E-state index in [9.17, 15) is 9.90 Å². The van der Waals surface area contributed by atoms with Crippen LogP contribution in [0.15, 0.2) is 48.8 Å². The van der Waals surface area contributed by atoms with Crippen LogP contribution in [0, 0.1) is 0 Å². The lowest BCUT2D eigenvalue weighted by atomic mass is 10.1. The number of carbonyl (C=O) groups excluding carboxylic acids is 1. The summed E-state index contributed by atoms with van der Waals surface area (Å²) in [5.41, 5.74) is 2.62. The molecule has 0 aliphatic rings. The van der Waals surface area contributed by atoms with Crippen molar-refractivity contribution < 1.29 is 15.0 Å². The predicted octanol–water partition coefficient (Wildman–Crippen LogP) is 4.28. The first-order valence-corrected chi connectivity index (χ1v) is 10.5. The number of aromatic nitrogens is 2. The highest BCUT2D eigenvalue weighted by molar-refractivity contribution is 6.33. The molecule has 2 aromatic heterocycles. The summed E-state index contributed by atoms with van der Waals surface area (Å²) in [4.78, 5) is 19.9. The Hall–Kier alpha value is -2.58. The lowest BCUT2D eigenvalue weighted by Crippen LogP contribution is -2.31. The van der Waals surface area contributed by atoms with Crippen molar-refractivity contribution >= 4 is 34.9 Å². The topological polar surface area (TPSA) is 110 Å². The molecular formula is C22H26Cl2N4O3. The van der Waals surface area contributed by atoms with Crippen LogP contribution >= 0.6 is 23.2 Å². The predicted molar refractivity (Wildman–Crippen MR) is 125 cm³/mol. The van der Waals surface area contributed by atoms with E-state index < -0.39 is 6.04 Å². The van der Waals surface area contributed by atoms with Gasteiger partial charge in [-0.3, -0.25) is 4.79 Å². The molecule has 2 heterocycles. The molecular weight excluding hydrogens is 439 g/mol. The first-order chi connectivity index (χ1) is 15.0. The number of H-pyrrole nitrogens is 1. The number of carbonyl (C=O) groups is 1. The van der Waals surface area contributed by atoms with Crippen molar-refractivity contribution in [1.29, 1.82) is 0 Å². The lowest BCUT2D eigenvalue weighted by molar-refractivity contribution is 0.0911. The second kappa shape index (κ2) is 12.3. The van der Waals surface area contributed by atoms with E-state index in [2.05, 4.69) is 27.5 Å². The fourth-order valence-electron chi connectivity index (χ4n) is 2.88.